The molecule has 6 nitrogen and oxygen atoms in total. The van der Waals surface area contributed by atoms with Gasteiger partial charge in [0.15, 0.2) is 0 Å². The van der Waals surface area contributed by atoms with Crippen LogP contribution < -0.4 is 5.32 Å². The summed E-state index contributed by atoms with van der Waals surface area (Å²) in [5, 5.41) is 7.14. The first-order chi connectivity index (χ1) is 10.6. The molecule has 0 fully saturated rings. The van der Waals surface area contributed by atoms with Gasteiger partial charge in [-0.05, 0) is 26.5 Å². The van der Waals surface area contributed by atoms with Crippen LogP contribution in [0.25, 0.3) is 0 Å². The highest BCUT2D eigenvalue weighted by Crippen LogP contribution is 2.27. The van der Waals surface area contributed by atoms with Crippen LogP contribution in [-0.2, 0) is 19.5 Å². The zero-order valence-corrected chi connectivity index (χ0v) is 13.1. The fourth-order valence-corrected chi connectivity index (χ4v) is 2.92. The molecule has 0 aromatic carbocycles. The number of amides is 1. The zero-order valence-electron chi connectivity index (χ0n) is 13.1. The third-order valence-electron chi connectivity index (χ3n) is 4.05. The molecule has 0 spiro atoms. The highest BCUT2D eigenvalue weighted by molar-refractivity contribution is 5.97. The maximum atomic E-state index is 12.5. The maximum absolute atomic E-state index is 12.5. The number of furan rings is 1. The summed E-state index contributed by atoms with van der Waals surface area (Å²) in [5.41, 5.74) is 1.77. The van der Waals surface area contributed by atoms with Crippen LogP contribution in [0.5, 0.6) is 0 Å². The molecule has 0 saturated heterocycles. The van der Waals surface area contributed by atoms with Crippen LogP contribution in [0.1, 0.15) is 33.9 Å². The van der Waals surface area contributed by atoms with Crippen molar-refractivity contribution in [3.05, 3.63) is 41.1 Å². The van der Waals surface area contributed by atoms with E-state index in [1.807, 2.05) is 23.9 Å². The third kappa shape index (κ3) is 3.06. The van der Waals surface area contributed by atoms with Crippen molar-refractivity contribution in [2.75, 3.05) is 20.1 Å². The smallest absolute Gasteiger partial charge is 0.255 e. The van der Waals surface area contributed by atoms with Crippen LogP contribution in [0.15, 0.2) is 22.9 Å². The number of fused-ring (bicyclic) bond motifs is 1. The lowest BCUT2D eigenvalue weighted by Crippen LogP contribution is -2.30. The van der Waals surface area contributed by atoms with E-state index in [2.05, 4.69) is 22.4 Å². The largest absolute Gasteiger partial charge is 0.465 e. The Kier molecular flexibility index (Phi) is 4.29. The van der Waals surface area contributed by atoms with Gasteiger partial charge in [0, 0.05) is 50.6 Å². The van der Waals surface area contributed by atoms with Gasteiger partial charge in [0.2, 0.25) is 0 Å². The average Bonchev–Trinajstić information content (AvgIpc) is 3.10. The van der Waals surface area contributed by atoms with Crippen LogP contribution in [-0.4, -0.2) is 40.7 Å². The summed E-state index contributed by atoms with van der Waals surface area (Å²) in [5.74, 6) is 1.67. The molecule has 22 heavy (non-hydrogen) atoms. The molecule has 3 heterocycles. The number of hydrogen-bond donors (Lipinski definition) is 1. The van der Waals surface area contributed by atoms with Crippen LogP contribution in [0.4, 0.5) is 0 Å². The minimum atomic E-state index is -0.0294. The Labute approximate surface area is 130 Å². The monoisotopic (exact) mass is 302 g/mol. The van der Waals surface area contributed by atoms with Gasteiger partial charge in [0.25, 0.3) is 5.91 Å². The standard InChI is InChI=1S/C16H22N4O2/c1-12-15(13-11-19(2)10-5-14(13)22-12)16(21)17-6-3-8-20-9-4-7-18-20/h4,7,9H,3,5-6,8,10-11H2,1-2H3,(H,17,21). The molecule has 1 N–H and O–H groups in total. The van der Waals surface area contributed by atoms with Gasteiger partial charge in [0.05, 0.1) is 5.56 Å². The second-order valence-electron chi connectivity index (χ2n) is 5.80. The fourth-order valence-electron chi connectivity index (χ4n) is 2.92. The Bertz CT molecular complexity index is 645. The first kappa shape index (κ1) is 14.8. The Morgan fingerprint density at radius 3 is 3.14 bits per heavy atom. The third-order valence-corrected chi connectivity index (χ3v) is 4.05. The van der Waals surface area contributed by atoms with Crippen molar-refractivity contribution >= 4 is 5.91 Å². The van der Waals surface area contributed by atoms with Crippen molar-refractivity contribution in [1.82, 2.24) is 20.0 Å². The van der Waals surface area contributed by atoms with Gasteiger partial charge in [-0.15, -0.1) is 0 Å². The number of rotatable bonds is 5. The molecule has 2 aromatic heterocycles. The number of carbonyl (C=O) groups is 1. The van der Waals surface area contributed by atoms with E-state index in [1.54, 1.807) is 6.20 Å². The molecule has 6 heteroatoms. The van der Waals surface area contributed by atoms with Gasteiger partial charge in [-0.25, -0.2) is 0 Å². The predicted molar refractivity (Wildman–Crippen MR) is 82.7 cm³/mol. The van der Waals surface area contributed by atoms with Gasteiger partial charge >= 0.3 is 0 Å². The number of hydrogen-bond acceptors (Lipinski definition) is 4. The average molecular weight is 302 g/mol. The SMILES string of the molecule is Cc1oc2c(c1C(=O)NCCCn1cccn1)CN(C)CC2. The fraction of sp³-hybridized carbons (Fsp3) is 0.500. The Morgan fingerprint density at radius 2 is 2.36 bits per heavy atom. The lowest BCUT2D eigenvalue weighted by atomic mass is 10.0. The summed E-state index contributed by atoms with van der Waals surface area (Å²) in [6.45, 7) is 5.07. The van der Waals surface area contributed by atoms with Crippen molar-refractivity contribution in [1.29, 1.82) is 0 Å². The van der Waals surface area contributed by atoms with E-state index in [4.69, 9.17) is 4.42 Å². The lowest BCUT2D eigenvalue weighted by Gasteiger charge is -2.21. The number of aromatic nitrogens is 2. The number of nitrogens with zero attached hydrogens (tertiary/aromatic N) is 3. The van der Waals surface area contributed by atoms with Crippen LogP contribution in [0.3, 0.4) is 0 Å². The molecule has 0 aliphatic carbocycles. The highest BCUT2D eigenvalue weighted by Gasteiger charge is 2.26. The van der Waals surface area contributed by atoms with Gasteiger partial charge in [-0.1, -0.05) is 0 Å². The minimum Gasteiger partial charge on any atom is -0.465 e. The summed E-state index contributed by atoms with van der Waals surface area (Å²) in [4.78, 5) is 14.7. The van der Waals surface area contributed by atoms with Gasteiger partial charge < -0.3 is 14.6 Å². The molecule has 1 aliphatic heterocycles. The zero-order chi connectivity index (χ0) is 15.5. The van der Waals surface area contributed by atoms with Crippen molar-refractivity contribution < 1.29 is 9.21 Å². The quantitative estimate of drug-likeness (QED) is 0.852. The van der Waals surface area contributed by atoms with Gasteiger partial charge in [-0.3, -0.25) is 9.48 Å². The second kappa shape index (κ2) is 6.36. The molecule has 1 amide bonds. The first-order valence-electron chi connectivity index (χ1n) is 7.70. The summed E-state index contributed by atoms with van der Waals surface area (Å²) in [6.07, 6.45) is 5.41. The van der Waals surface area contributed by atoms with E-state index in [1.165, 1.54) is 0 Å². The van der Waals surface area contributed by atoms with E-state index in [-0.39, 0.29) is 5.91 Å². The van der Waals surface area contributed by atoms with Crippen LogP contribution >= 0.6 is 0 Å². The summed E-state index contributed by atoms with van der Waals surface area (Å²) < 4.78 is 7.64. The van der Waals surface area contributed by atoms with Crippen molar-refractivity contribution in [3.63, 3.8) is 0 Å². The molecular formula is C16H22N4O2. The minimum absolute atomic E-state index is 0.0294. The van der Waals surface area contributed by atoms with E-state index in [9.17, 15) is 4.79 Å². The number of carbonyl (C=O) groups excluding carboxylic acids is 1. The van der Waals surface area contributed by atoms with Crippen molar-refractivity contribution in [2.24, 2.45) is 0 Å². The summed E-state index contributed by atoms with van der Waals surface area (Å²) >= 11 is 0. The van der Waals surface area contributed by atoms with E-state index < -0.39 is 0 Å². The Morgan fingerprint density at radius 1 is 1.50 bits per heavy atom. The Balaban J connectivity index is 1.59. The number of aryl methyl sites for hydroxylation is 2. The van der Waals surface area contributed by atoms with Crippen LogP contribution in [0, 0.1) is 6.92 Å². The topological polar surface area (TPSA) is 63.3 Å². The summed E-state index contributed by atoms with van der Waals surface area (Å²) in [6, 6.07) is 1.90. The molecule has 0 atom stereocenters. The number of likely N-dealkylation sites (N-methyl/N-ethyl adjacent to an activating group) is 1. The first-order valence-corrected chi connectivity index (χ1v) is 7.70. The molecule has 118 valence electrons. The van der Waals surface area contributed by atoms with Crippen molar-refractivity contribution in [2.45, 2.75) is 32.9 Å². The molecule has 1 aliphatic rings. The van der Waals surface area contributed by atoms with Crippen molar-refractivity contribution in [3.8, 4) is 0 Å². The van der Waals surface area contributed by atoms with E-state index >= 15 is 0 Å². The molecular weight excluding hydrogens is 280 g/mol. The Hall–Kier alpha value is -2.08. The molecule has 2 aromatic rings. The maximum Gasteiger partial charge on any atom is 0.255 e. The normalized spacial score (nSPS) is 14.8. The summed E-state index contributed by atoms with van der Waals surface area (Å²) in [7, 11) is 2.07. The van der Waals surface area contributed by atoms with Gasteiger partial charge in [-0.2, -0.15) is 5.10 Å². The number of nitrogens with one attached hydrogen (secondary N) is 1. The molecule has 0 radical (unpaired) electrons. The molecule has 0 unspecified atom stereocenters. The molecule has 0 bridgehead atoms. The lowest BCUT2D eigenvalue weighted by molar-refractivity contribution is 0.0949. The van der Waals surface area contributed by atoms with E-state index in [0.29, 0.717) is 6.54 Å². The molecule has 0 saturated carbocycles. The second-order valence-corrected chi connectivity index (χ2v) is 5.80. The highest BCUT2D eigenvalue weighted by atomic mass is 16.3. The van der Waals surface area contributed by atoms with Gasteiger partial charge in [0.1, 0.15) is 11.5 Å². The molecule has 3 rings (SSSR count). The van der Waals surface area contributed by atoms with E-state index in [0.717, 1.165) is 55.1 Å². The predicted octanol–water partition coefficient (Wildman–Crippen LogP) is 1.59. The van der Waals surface area contributed by atoms with Crippen LogP contribution in [0.2, 0.25) is 0 Å².